The Kier molecular flexibility index (Phi) is 4.58. The molecule has 0 bridgehead atoms. The predicted molar refractivity (Wildman–Crippen MR) is 50.4 cm³/mol. The monoisotopic (exact) mass is 172 g/mol. The first-order chi connectivity index (χ1) is 5.83. The van der Waals surface area contributed by atoms with Crippen LogP contribution in [0.25, 0.3) is 0 Å². The SMILES string of the molecule is COCCCNC1CCN(C)C1. The van der Waals surface area contributed by atoms with Gasteiger partial charge in [-0.1, -0.05) is 0 Å². The molecule has 0 saturated carbocycles. The molecule has 0 radical (unpaired) electrons. The van der Waals surface area contributed by atoms with Crippen LogP contribution in [-0.4, -0.2) is 51.3 Å². The molecule has 0 aliphatic carbocycles. The first kappa shape index (κ1) is 9.96. The van der Waals surface area contributed by atoms with E-state index in [-0.39, 0.29) is 0 Å². The first-order valence-corrected chi connectivity index (χ1v) is 4.74. The van der Waals surface area contributed by atoms with E-state index in [0.29, 0.717) is 6.04 Å². The fraction of sp³-hybridized carbons (Fsp3) is 1.00. The number of nitrogens with zero attached hydrogens (tertiary/aromatic N) is 1. The van der Waals surface area contributed by atoms with E-state index in [4.69, 9.17) is 4.74 Å². The van der Waals surface area contributed by atoms with Gasteiger partial charge in [0.2, 0.25) is 0 Å². The van der Waals surface area contributed by atoms with Crippen LogP contribution >= 0.6 is 0 Å². The zero-order chi connectivity index (χ0) is 8.81. The topological polar surface area (TPSA) is 24.5 Å². The zero-order valence-electron chi connectivity index (χ0n) is 8.18. The Bertz CT molecular complexity index is 119. The van der Waals surface area contributed by atoms with Crippen LogP contribution in [0.1, 0.15) is 12.8 Å². The quantitative estimate of drug-likeness (QED) is 0.604. The molecular weight excluding hydrogens is 152 g/mol. The van der Waals surface area contributed by atoms with Crippen molar-refractivity contribution in [1.29, 1.82) is 0 Å². The summed E-state index contributed by atoms with van der Waals surface area (Å²) >= 11 is 0. The largest absolute Gasteiger partial charge is 0.385 e. The Morgan fingerprint density at radius 1 is 1.58 bits per heavy atom. The van der Waals surface area contributed by atoms with Gasteiger partial charge in [0.1, 0.15) is 0 Å². The van der Waals surface area contributed by atoms with E-state index in [2.05, 4.69) is 17.3 Å². The maximum atomic E-state index is 4.98. The molecule has 1 aliphatic heterocycles. The maximum absolute atomic E-state index is 4.98. The smallest absolute Gasteiger partial charge is 0.0474 e. The van der Waals surface area contributed by atoms with Gasteiger partial charge in [0.15, 0.2) is 0 Å². The number of hydrogen-bond acceptors (Lipinski definition) is 3. The number of methoxy groups -OCH3 is 1. The van der Waals surface area contributed by atoms with Gasteiger partial charge in [-0.15, -0.1) is 0 Å². The summed E-state index contributed by atoms with van der Waals surface area (Å²) in [5.41, 5.74) is 0. The van der Waals surface area contributed by atoms with Gasteiger partial charge in [-0.3, -0.25) is 0 Å². The fourth-order valence-electron chi connectivity index (χ4n) is 1.62. The highest BCUT2D eigenvalue weighted by Gasteiger charge is 2.17. The van der Waals surface area contributed by atoms with Gasteiger partial charge in [0.05, 0.1) is 0 Å². The van der Waals surface area contributed by atoms with E-state index >= 15 is 0 Å². The van der Waals surface area contributed by atoms with Gasteiger partial charge in [-0.25, -0.2) is 0 Å². The van der Waals surface area contributed by atoms with Crippen molar-refractivity contribution in [3.63, 3.8) is 0 Å². The highest BCUT2D eigenvalue weighted by Crippen LogP contribution is 2.05. The summed E-state index contributed by atoms with van der Waals surface area (Å²) in [4.78, 5) is 2.37. The maximum Gasteiger partial charge on any atom is 0.0474 e. The van der Waals surface area contributed by atoms with Gasteiger partial charge < -0.3 is 15.0 Å². The molecule has 1 N–H and O–H groups in total. The summed E-state index contributed by atoms with van der Waals surface area (Å²) in [6.45, 7) is 4.40. The molecular formula is C9H20N2O. The molecule has 1 rings (SSSR count). The summed E-state index contributed by atoms with van der Waals surface area (Å²) < 4.78 is 4.98. The molecule has 0 aromatic carbocycles. The average molecular weight is 172 g/mol. The standard InChI is InChI=1S/C9H20N2O/c1-11-6-4-9(8-11)10-5-3-7-12-2/h9-10H,3-8H2,1-2H3. The molecule has 1 heterocycles. The summed E-state index contributed by atoms with van der Waals surface area (Å²) in [6.07, 6.45) is 2.42. The fourth-order valence-corrected chi connectivity index (χ4v) is 1.62. The summed E-state index contributed by atoms with van der Waals surface area (Å²) in [5.74, 6) is 0. The molecule has 0 aromatic heterocycles. The molecule has 0 amide bonds. The second-order valence-corrected chi connectivity index (χ2v) is 3.55. The minimum absolute atomic E-state index is 0.715. The lowest BCUT2D eigenvalue weighted by Gasteiger charge is -2.11. The van der Waals surface area contributed by atoms with Crippen LogP contribution in [-0.2, 0) is 4.74 Å². The molecule has 1 saturated heterocycles. The number of likely N-dealkylation sites (N-methyl/N-ethyl adjacent to an activating group) is 1. The predicted octanol–water partition coefficient (Wildman–Crippen LogP) is 0.317. The van der Waals surface area contributed by atoms with E-state index in [1.165, 1.54) is 19.5 Å². The molecule has 1 unspecified atom stereocenters. The summed E-state index contributed by atoms with van der Waals surface area (Å²) in [7, 11) is 3.93. The molecule has 0 spiro atoms. The van der Waals surface area contributed by atoms with Crippen molar-refractivity contribution in [2.24, 2.45) is 0 Å². The van der Waals surface area contributed by atoms with E-state index in [0.717, 1.165) is 19.6 Å². The second-order valence-electron chi connectivity index (χ2n) is 3.55. The number of nitrogens with one attached hydrogen (secondary N) is 1. The van der Waals surface area contributed by atoms with Crippen LogP contribution in [0.2, 0.25) is 0 Å². The van der Waals surface area contributed by atoms with Crippen molar-refractivity contribution in [1.82, 2.24) is 10.2 Å². The Balaban J connectivity index is 1.93. The van der Waals surface area contributed by atoms with Crippen molar-refractivity contribution in [2.45, 2.75) is 18.9 Å². The van der Waals surface area contributed by atoms with Crippen LogP contribution in [0.3, 0.4) is 0 Å². The van der Waals surface area contributed by atoms with Crippen LogP contribution in [0.5, 0.6) is 0 Å². The van der Waals surface area contributed by atoms with Gasteiger partial charge in [-0.2, -0.15) is 0 Å². The van der Waals surface area contributed by atoms with Crippen molar-refractivity contribution < 1.29 is 4.74 Å². The van der Waals surface area contributed by atoms with Gasteiger partial charge in [-0.05, 0) is 33.0 Å². The third-order valence-electron chi connectivity index (χ3n) is 2.35. The Morgan fingerprint density at radius 2 is 2.42 bits per heavy atom. The summed E-state index contributed by atoms with van der Waals surface area (Å²) in [5, 5.41) is 3.53. The van der Waals surface area contributed by atoms with Crippen molar-refractivity contribution in [3.05, 3.63) is 0 Å². The Morgan fingerprint density at radius 3 is 3.00 bits per heavy atom. The molecule has 3 nitrogen and oxygen atoms in total. The number of rotatable bonds is 5. The molecule has 1 fully saturated rings. The highest BCUT2D eigenvalue weighted by atomic mass is 16.5. The van der Waals surface area contributed by atoms with Crippen LogP contribution in [0, 0.1) is 0 Å². The van der Waals surface area contributed by atoms with Gasteiger partial charge in [0.25, 0.3) is 0 Å². The number of hydrogen-bond donors (Lipinski definition) is 1. The van der Waals surface area contributed by atoms with Gasteiger partial charge in [0, 0.05) is 26.3 Å². The Hall–Kier alpha value is -0.120. The van der Waals surface area contributed by atoms with E-state index in [1.54, 1.807) is 7.11 Å². The number of likely N-dealkylation sites (tertiary alicyclic amines) is 1. The van der Waals surface area contributed by atoms with E-state index in [9.17, 15) is 0 Å². The average Bonchev–Trinajstić information content (AvgIpc) is 2.45. The van der Waals surface area contributed by atoms with Crippen molar-refractivity contribution >= 4 is 0 Å². The lowest BCUT2D eigenvalue weighted by Crippen LogP contribution is -2.32. The minimum Gasteiger partial charge on any atom is -0.385 e. The van der Waals surface area contributed by atoms with Crippen LogP contribution in [0.15, 0.2) is 0 Å². The van der Waals surface area contributed by atoms with Crippen molar-refractivity contribution in [3.8, 4) is 0 Å². The number of ether oxygens (including phenoxy) is 1. The first-order valence-electron chi connectivity index (χ1n) is 4.74. The lowest BCUT2D eigenvalue weighted by molar-refractivity contribution is 0.193. The molecule has 72 valence electrons. The third-order valence-corrected chi connectivity index (χ3v) is 2.35. The minimum atomic E-state index is 0.715. The van der Waals surface area contributed by atoms with E-state index < -0.39 is 0 Å². The lowest BCUT2D eigenvalue weighted by atomic mass is 10.2. The highest BCUT2D eigenvalue weighted by molar-refractivity contribution is 4.78. The third kappa shape index (κ3) is 3.52. The Labute approximate surface area is 75.1 Å². The molecule has 1 atom stereocenters. The second kappa shape index (κ2) is 5.51. The zero-order valence-corrected chi connectivity index (χ0v) is 8.18. The molecule has 1 aliphatic rings. The molecule has 0 aromatic rings. The molecule has 12 heavy (non-hydrogen) atoms. The summed E-state index contributed by atoms with van der Waals surface area (Å²) in [6, 6.07) is 0.715. The van der Waals surface area contributed by atoms with E-state index in [1.807, 2.05) is 0 Å². The molecule has 3 heteroatoms. The van der Waals surface area contributed by atoms with Crippen molar-refractivity contribution in [2.75, 3.05) is 40.4 Å². The van der Waals surface area contributed by atoms with Crippen LogP contribution < -0.4 is 5.32 Å². The van der Waals surface area contributed by atoms with Gasteiger partial charge >= 0.3 is 0 Å². The normalized spacial score (nSPS) is 25.0. The van der Waals surface area contributed by atoms with Crippen LogP contribution in [0.4, 0.5) is 0 Å².